The highest BCUT2D eigenvalue weighted by molar-refractivity contribution is 5.81. The van der Waals surface area contributed by atoms with E-state index in [2.05, 4.69) is 40.5 Å². The molecule has 2 aliphatic rings. The molecular formula is C21H29F3N2O4. The lowest BCUT2D eigenvalue weighted by Crippen LogP contribution is -2.43. The minimum Gasteiger partial charge on any atom is -0.475 e. The number of aliphatic carboxylic acids is 1. The van der Waals surface area contributed by atoms with Gasteiger partial charge in [0.15, 0.2) is 0 Å². The van der Waals surface area contributed by atoms with Crippen LogP contribution in [0.15, 0.2) is 30.3 Å². The number of carboxylic acids is 1. The van der Waals surface area contributed by atoms with Gasteiger partial charge in [0, 0.05) is 19.1 Å². The molecule has 1 aromatic carbocycles. The fourth-order valence-corrected chi connectivity index (χ4v) is 3.68. The molecule has 168 valence electrons. The summed E-state index contributed by atoms with van der Waals surface area (Å²) in [6.45, 7) is 7.13. The second kappa shape index (κ2) is 10.8. The lowest BCUT2D eigenvalue weighted by molar-refractivity contribution is -0.192. The first kappa shape index (κ1) is 24.1. The molecule has 9 heteroatoms. The van der Waals surface area contributed by atoms with E-state index in [-0.39, 0.29) is 24.2 Å². The van der Waals surface area contributed by atoms with Crippen molar-refractivity contribution in [2.75, 3.05) is 19.6 Å². The Morgan fingerprint density at radius 3 is 2.47 bits per heavy atom. The summed E-state index contributed by atoms with van der Waals surface area (Å²) < 4.78 is 37.8. The van der Waals surface area contributed by atoms with E-state index in [0.29, 0.717) is 5.92 Å². The average molecular weight is 430 g/mol. The minimum atomic E-state index is -5.08. The molecular weight excluding hydrogens is 401 g/mol. The number of nitrogens with zero attached hydrogens (tertiary/aromatic N) is 1. The van der Waals surface area contributed by atoms with E-state index in [1.807, 2.05) is 13.8 Å². The molecule has 2 saturated heterocycles. The Labute approximate surface area is 174 Å². The molecule has 2 fully saturated rings. The maximum absolute atomic E-state index is 12.1. The molecule has 1 aromatic rings. The summed E-state index contributed by atoms with van der Waals surface area (Å²) in [6.07, 6.45) is -2.00. The quantitative estimate of drug-likeness (QED) is 0.751. The van der Waals surface area contributed by atoms with Crippen LogP contribution in [0.5, 0.6) is 0 Å². The number of carbonyl (C=O) groups is 2. The molecule has 1 amide bonds. The predicted molar refractivity (Wildman–Crippen MR) is 105 cm³/mol. The van der Waals surface area contributed by atoms with E-state index >= 15 is 0 Å². The number of carbonyl (C=O) groups excluding carboxylic acids is 1. The Kier molecular flexibility index (Phi) is 8.66. The van der Waals surface area contributed by atoms with Crippen LogP contribution in [0.4, 0.5) is 13.2 Å². The fraction of sp³-hybridized carbons (Fsp3) is 0.619. The van der Waals surface area contributed by atoms with Gasteiger partial charge in [0.05, 0.1) is 6.10 Å². The number of ether oxygens (including phenoxy) is 1. The van der Waals surface area contributed by atoms with Crippen LogP contribution in [-0.4, -0.2) is 65.9 Å². The Balaban J connectivity index is 0.000000396. The second-order valence-corrected chi connectivity index (χ2v) is 7.95. The molecule has 3 atom stereocenters. The van der Waals surface area contributed by atoms with Crippen molar-refractivity contribution in [3.63, 3.8) is 0 Å². The van der Waals surface area contributed by atoms with Crippen LogP contribution in [-0.2, 0) is 20.7 Å². The molecule has 0 aliphatic carbocycles. The van der Waals surface area contributed by atoms with Crippen molar-refractivity contribution in [2.24, 2.45) is 5.92 Å². The van der Waals surface area contributed by atoms with Crippen molar-refractivity contribution in [1.29, 1.82) is 0 Å². The number of benzene rings is 1. The SMILES string of the molecule is CC(C)NC(=O)[C@@H]1C[C@@H]2CCN(CCc3ccccc3)C[C@@H]2O1.O=C(O)C(F)(F)F. The van der Waals surface area contributed by atoms with E-state index in [4.69, 9.17) is 14.6 Å². The van der Waals surface area contributed by atoms with Gasteiger partial charge in [0.25, 0.3) is 0 Å². The first-order valence-electron chi connectivity index (χ1n) is 10.1. The Morgan fingerprint density at radius 2 is 1.90 bits per heavy atom. The minimum absolute atomic E-state index is 0.0604. The molecule has 30 heavy (non-hydrogen) atoms. The number of piperidine rings is 1. The topological polar surface area (TPSA) is 78.9 Å². The monoisotopic (exact) mass is 430 g/mol. The van der Waals surface area contributed by atoms with Crippen LogP contribution < -0.4 is 5.32 Å². The van der Waals surface area contributed by atoms with Crippen molar-refractivity contribution in [1.82, 2.24) is 10.2 Å². The van der Waals surface area contributed by atoms with Gasteiger partial charge in [-0.05, 0) is 51.1 Å². The normalized spacial score (nSPS) is 24.0. The third-order valence-corrected chi connectivity index (χ3v) is 5.16. The Bertz CT molecular complexity index is 697. The highest BCUT2D eigenvalue weighted by atomic mass is 19.4. The smallest absolute Gasteiger partial charge is 0.475 e. The zero-order valence-electron chi connectivity index (χ0n) is 17.2. The number of fused-ring (bicyclic) bond motifs is 1. The average Bonchev–Trinajstić information content (AvgIpc) is 3.10. The fourth-order valence-electron chi connectivity index (χ4n) is 3.68. The van der Waals surface area contributed by atoms with Gasteiger partial charge in [-0.3, -0.25) is 4.79 Å². The van der Waals surface area contributed by atoms with Gasteiger partial charge < -0.3 is 20.1 Å². The van der Waals surface area contributed by atoms with Crippen LogP contribution in [0.25, 0.3) is 0 Å². The van der Waals surface area contributed by atoms with Crippen molar-refractivity contribution in [2.45, 2.75) is 57.5 Å². The molecule has 0 aromatic heterocycles. The van der Waals surface area contributed by atoms with Crippen LogP contribution >= 0.6 is 0 Å². The van der Waals surface area contributed by atoms with Crippen LogP contribution in [0.1, 0.15) is 32.3 Å². The molecule has 2 aliphatic heterocycles. The number of hydrogen-bond donors (Lipinski definition) is 2. The third kappa shape index (κ3) is 7.60. The molecule has 3 rings (SSSR count). The van der Waals surface area contributed by atoms with Gasteiger partial charge in [-0.15, -0.1) is 0 Å². The van der Waals surface area contributed by atoms with E-state index in [0.717, 1.165) is 38.9 Å². The summed E-state index contributed by atoms with van der Waals surface area (Å²) in [4.78, 5) is 23.5. The van der Waals surface area contributed by atoms with Gasteiger partial charge in [0.2, 0.25) is 5.91 Å². The summed E-state index contributed by atoms with van der Waals surface area (Å²) >= 11 is 0. The summed E-state index contributed by atoms with van der Waals surface area (Å²) in [6, 6.07) is 10.8. The predicted octanol–water partition coefficient (Wildman–Crippen LogP) is 2.87. The summed E-state index contributed by atoms with van der Waals surface area (Å²) in [5, 5.41) is 10.1. The summed E-state index contributed by atoms with van der Waals surface area (Å²) in [5.41, 5.74) is 1.39. The largest absolute Gasteiger partial charge is 0.490 e. The third-order valence-electron chi connectivity index (χ3n) is 5.16. The zero-order valence-corrected chi connectivity index (χ0v) is 17.2. The number of halogens is 3. The van der Waals surface area contributed by atoms with E-state index in [1.54, 1.807) is 0 Å². The summed E-state index contributed by atoms with van der Waals surface area (Å²) in [5.74, 6) is -2.15. The number of alkyl halides is 3. The summed E-state index contributed by atoms with van der Waals surface area (Å²) in [7, 11) is 0. The number of hydrogen-bond acceptors (Lipinski definition) is 4. The van der Waals surface area contributed by atoms with Crippen molar-refractivity contribution in [3.05, 3.63) is 35.9 Å². The molecule has 2 N–H and O–H groups in total. The molecule has 0 spiro atoms. The zero-order chi connectivity index (χ0) is 22.3. The highest BCUT2D eigenvalue weighted by Crippen LogP contribution is 2.33. The van der Waals surface area contributed by atoms with Gasteiger partial charge in [-0.25, -0.2) is 4.79 Å². The number of nitrogens with one attached hydrogen (secondary N) is 1. The Hall–Kier alpha value is -2.13. The standard InChI is InChI=1S/C19H28N2O2.C2HF3O2/c1-14(2)20-19(22)17-12-16-9-11-21(13-18(16)23-17)10-8-15-6-4-3-5-7-15;3-2(4,5)1(6)7/h3-7,14,16-18H,8-13H2,1-2H3,(H,20,22);(H,6,7)/t16-,17-,18-;/m0./s1. The van der Waals surface area contributed by atoms with Gasteiger partial charge in [0.1, 0.15) is 6.10 Å². The van der Waals surface area contributed by atoms with E-state index < -0.39 is 12.1 Å². The van der Waals surface area contributed by atoms with Crippen molar-refractivity contribution >= 4 is 11.9 Å². The molecule has 0 saturated carbocycles. The van der Waals surface area contributed by atoms with Crippen LogP contribution in [0, 0.1) is 5.92 Å². The molecule has 6 nitrogen and oxygen atoms in total. The lowest BCUT2D eigenvalue weighted by atomic mass is 9.91. The number of carboxylic acid groups (broad SMARTS) is 1. The second-order valence-electron chi connectivity index (χ2n) is 7.95. The van der Waals surface area contributed by atoms with Gasteiger partial charge in [-0.1, -0.05) is 30.3 Å². The van der Waals surface area contributed by atoms with E-state index in [1.165, 1.54) is 5.56 Å². The van der Waals surface area contributed by atoms with Crippen molar-refractivity contribution < 1.29 is 32.6 Å². The van der Waals surface area contributed by atoms with E-state index in [9.17, 15) is 18.0 Å². The molecule has 0 unspecified atom stereocenters. The number of likely N-dealkylation sites (tertiary alicyclic amines) is 1. The molecule has 0 bridgehead atoms. The Morgan fingerprint density at radius 1 is 1.27 bits per heavy atom. The maximum atomic E-state index is 12.1. The first-order valence-corrected chi connectivity index (χ1v) is 10.1. The first-order chi connectivity index (χ1) is 14.1. The van der Waals surface area contributed by atoms with Gasteiger partial charge in [-0.2, -0.15) is 13.2 Å². The maximum Gasteiger partial charge on any atom is 0.490 e. The van der Waals surface area contributed by atoms with Crippen LogP contribution in [0.2, 0.25) is 0 Å². The van der Waals surface area contributed by atoms with Crippen molar-refractivity contribution in [3.8, 4) is 0 Å². The number of rotatable bonds is 5. The van der Waals surface area contributed by atoms with Gasteiger partial charge >= 0.3 is 12.1 Å². The molecule has 2 heterocycles. The number of amides is 1. The molecule has 0 radical (unpaired) electrons. The lowest BCUT2D eigenvalue weighted by Gasteiger charge is -2.34. The highest BCUT2D eigenvalue weighted by Gasteiger charge is 2.41. The van der Waals surface area contributed by atoms with Crippen LogP contribution in [0.3, 0.4) is 0 Å².